The Balaban J connectivity index is 2.15. The van der Waals surface area contributed by atoms with Crippen molar-refractivity contribution in [2.24, 2.45) is 7.05 Å². The fraction of sp³-hybridized carbons (Fsp3) is 0.400. The normalized spacial score (nSPS) is 16.5. The molecular formula is C15H15F3N4O. The van der Waals surface area contributed by atoms with Crippen LogP contribution in [0.15, 0.2) is 24.5 Å². The van der Waals surface area contributed by atoms with Gasteiger partial charge in [0, 0.05) is 19.0 Å². The molecule has 0 unspecified atom stereocenters. The SMILES string of the molecule is Cn1cnc(C(=O)N2CC(C)(C)c3cccc(C(F)(F)F)c32)n1. The molecule has 0 spiro atoms. The van der Waals surface area contributed by atoms with Crippen molar-refractivity contribution >= 4 is 11.6 Å². The highest BCUT2D eigenvalue weighted by molar-refractivity contribution is 6.06. The summed E-state index contributed by atoms with van der Waals surface area (Å²) in [5.74, 6) is -0.748. The van der Waals surface area contributed by atoms with Crippen LogP contribution in [0.25, 0.3) is 0 Å². The monoisotopic (exact) mass is 324 g/mol. The lowest BCUT2D eigenvalue weighted by Crippen LogP contribution is -2.35. The second-order valence-electron chi connectivity index (χ2n) is 6.22. The molecule has 0 atom stereocenters. The van der Waals surface area contributed by atoms with Crippen molar-refractivity contribution in [2.45, 2.75) is 25.4 Å². The first-order valence-corrected chi connectivity index (χ1v) is 6.99. The third kappa shape index (κ3) is 2.47. The van der Waals surface area contributed by atoms with Gasteiger partial charge in [-0.1, -0.05) is 26.0 Å². The molecule has 1 aromatic carbocycles. The van der Waals surface area contributed by atoms with Crippen LogP contribution in [0, 0.1) is 0 Å². The van der Waals surface area contributed by atoms with E-state index in [-0.39, 0.29) is 18.1 Å². The van der Waals surface area contributed by atoms with E-state index >= 15 is 0 Å². The molecule has 1 aliphatic rings. The molecule has 0 aliphatic carbocycles. The maximum atomic E-state index is 13.4. The van der Waals surface area contributed by atoms with Gasteiger partial charge in [-0.25, -0.2) is 4.98 Å². The maximum absolute atomic E-state index is 13.4. The summed E-state index contributed by atoms with van der Waals surface area (Å²) in [7, 11) is 1.59. The van der Waals surface area contributed by atoms with E-state index in [0.29, 0.717) is 5.56 Å². The van der Waals surface area contributed by atoms with E-state index in [2.05, 4.69) is 10.1 Å². The number of aromatic nitrogens is 3. The molecule has 0 N–H and O–H groups in total. The Morgan fingerprint density at radius 3 is 2.57 bits per heavy atom. The molecule has 2 aromatic rings. The van der Waals surface area contributed by atoms with E-state index in [1.807, 2.05) is 13.8 Å². The molecule has 122 valence electrons. The number of hydrogen-bond donors (Lipinski definition) is 0. The number of halogens is 3. The first-order chi connectivity index (χ1) is 10.6. The number of rotatable bonds is 1. The highest BCUT2D eigenvalue weighted by Crippen LogP contribution is 2.47. The first kappa shape index (κ1) is 15.5. The lowest BCUT2D eigenvalue weighted by atomic mass is 9.86. The average Bonchev–Trinajstić information content (AvgIpc) is 2.99. The van der Waals surface area contributed by atoms with E-state index in [1.54, 1.807) is 13.1 Å². The Bertz CT molecular complexity index is 779. The topological polar surface area (TPSA) is 51.0 Å². The van der Waals surface area contributed by atoms with Crippen LogP contribution >= 0.6 is 0 Å². The molecule has 0 bridgehead atoms. The van der Waals surface area contributed by atoms with Gasteiger partial charge in [0.1, 0.15) is 6.33 Å². The highest BCUT2D eigenvalue weighted by atomic mass is 19.4. The summed E-state index contributed by atoms with van der Waals surface area (Å²) in [5, 5.41) is 3.90. The molecule has 1 aromatic heterocycles. The van der Waals surface area contributed by atoms with E-state index in [1.165, 1.54) is 17.1 Å². The predicted molar refractivity (Wildman–Crippen MR) is 77.1 cm³/mol. The minimum absolute atomic E-state index is 0.0950. The van der Waals surface area contributed by atoms with Crippen LogP contribution in [0.5, 0.6) is 0 Å². The zero-order chi connectivity index (χ0) is 17.0. The second-order valence-corrected chi connectivity index (χ2v) is 6.22. The second kappa shape index (κ2) is 4.81. The quantitative estimate of drug-likeness (QED) is 0.810. The number of para-hydroxylation sites is 1. The molecule has 1 aliphatic heterocycles. The number of aryl methyl sites for hydroxylation is 1. The van der Waals surface area contributed by atoms with Crippen LogP contribution in [-0.2, 0) is 18.6 Å². The summed E-state index contributed by atoms with van der Waals surface area (Å²) in [6, 6.07) is 3.99. The molecule has 0 saturated carbocycles. The number of anilines is 1. The zero-order valence-corrected chi connectivity index (χ0v) is 12.8. The average molecular weight is 324 g/mol. The number of carbonyl (C=O) groups excluding carboxylic acids is 1. The molecule has 0 radical (unpaired) electrons. The molecule has 23 heavy (non-hydrogen) atoms. The van der Waals surface area contributed by atoms with Crippen LogP contribution in [0.4, 0.5) is 18.9 Å². The minimum Gasteiger partial charge on any atom is -0.304 e. The van der Waals surface area contributed by atoms with Crippen molar-refractivity contribution in [3.8, 4) is 0 Å². The Hall–Kier alpha value is -2.38. The van der Waals surface area contributed by atoms with Gasteiger partial charge in [0.05, 0.1) is 11.3 Å². The van der Waals surface area contributed by atoms with Crippen LogP contribution in [0.1, 0.15) is 35.6 Å². The van der Waals surface area contributed by atoms with Crippen molar-refractivity contribution in [3.63, 3.8) is 0 Å². The number of hydrogen-bond acceptors (Lipinski definition) is 3. The van der Waals surface area contributed by atoms with Gasteiger partial charge in [0.25, 0.3) is 5.91 Å². The van der Waals surface area contributed by atoms with E-state index in [9.17, 15) is 18.0 Å². The molecule has 1 amide bonds. The maximum Gasteiger partial charge on any atom is 0.418 e. The third-order valence-corrected chi connectivity index (χ3v) is 3.93. The fourth-order valence-corrected chi connectivity index (χ4v) is 2.90. The fourth-order valence-electron chi connectivity index (χ4n) is 2.90. The number of benzene rings is 1. The van der Waals surface area contributed by atoms with Gasteiger partial charge in [-0.05, 0) is 11.6 Å². The molecule has 3 rings (SSSR count). The molecule has 8 heteroatoms. The molecule has 0 fully saturated rings. The van der Waals surface area contributed by atoms with Crippen molar-refractivity contribution in [1.29, 1.82) is 0 Å². The van der Waals surface area contributed by atoms with E-state index in [4.69, 9.17) is 0 Å². The Morgan fingerprint density at radius 2 is 2.00 bits per heavy atom. The van der Waals surface area contributed by atoms with Gasteiger partial charge < -0.3 is 4.90 Å². The molecule has 2 heterocycles. The van der Waals surface area contributed by atoms with Crippen LogP contribution in [-0.4, -0.2) is 27.2 Å². The summed E-state index contributed by atoms with van der Waals surface area (Å²) in [6.07, 6.45) is -3.20. The summed E-state index contributed by atoms with van der Waals surface area (Å²) in [6.45, 7) is 3.77. The van der Waals surface area contributed by atoms with Crippen molar-refractivity contribution in [2.75, 3.05) is 11.4 Å². The van der Waals surface area contributed by atoms with Gasteiger partial charge in [0.2, 0.25) is 5.82 Å². The van der Waals surface area contributed by atoms with Crippen molar-refractivity contribution in [1.82, 2.24) is 14.8 Å². The zero-order valence-electron chi connectivity index (χ0n) is 12.8. The van der Waals surface area contributed by atoms with Crippen molar-refractivity contribution < 1.29 is 18.0 Å². The van der Waals surface area contributed by atoms with E-state index < -0.39 is 23.1 Å². The number of nitrogens with zero attached hydrogens (tertiary/aromatic N) is 4. The smallest absolute Gasteiger partial charge is 0.304 e. The number of fused-ring (bicyclic) bond motifs is 1. The number of carbonyl (C=O) groups is 1. The lowest BCUT2D eigenvalue weighted by Gasteiger charge is -2.20. The van der Waals surface area contributed by atoms with Gasteiger partial charge in [-0.2, -0.15) is 13.2 Å². The van der Waals surface area contributed by atoms with Gasteiger partial charge >= 0.3 is 6.18 Å². The summed E-state index contributed by atoms with van der Waals surface area (Å²) in [5.41, 5.74) is -0.995. The van der Waals surface area contributed by atoms with Crippen LogP contribution in [0.2, 0.25) is 0 Å². The molecule has 5 nitrogen and oxygen atoms in total. The van der Waals surface area contributed by atoms with Crippen molar-refractivity contribution in [3.05, 3.63) is 41.5 Å². The summed E-state index contributed by atoms with van der Waals surface area (Å²) in [4.78, 5) is 17.6. The van der Waals surface area contributed by atoms with Crippen LogP contribution < -0.4 is 4.90 Å². The summed E-state index contributed by atoms with van der Waals surface area (Å²) >= 11 is 0. The third-order valence-electron chi connectivity index (χ3n) is 3.93. The lowest BCUT2D eigenvalue weighted by molar-refractivity contribution is -0.137. The minimum atomic E-state index is -4.54. The van der Waals surface area contributed by atoms with Gasteiger partial charge in [-0.15, -0.1) is 5.10 Å². The molecular weight excluding hydrogens is 309 g/mol. The Kier molecular flexibility index (Phi) is 3.24. The van der Waals surface area contributed by atoms with Gasteiger partial charge in [0.15, 0.2) is 0 Å². The largest absolute Gasteiger partial charge is 0.418 e. The first-order valence-electron chi connectivity index (χ1n) is 6.99. The standard InChI is InChI=1S/C15H15F3N4O/c1-14(2)7-22(13(23)12-19-8-21(3)20-12)11-9(14)5-4-6-10(11)15(16,17)18/h4-6,8H,7H2,1-3H3. The van der Waals surface area contributed by atoms with Gasteiger partial charge in [-0.3, -0.25) is 9.48 Å². The predicted octanol–water partition coefficient (Wildman–Crippen LogP) is 2.77. The Morgan fingerprint density at radius 1 is 1.30 bits per heavy atom. The number of amides is 1. The highest BCUT2D eigenvalue weighted by Gasteiger charge is 2.45. The summed E-state index contributed by atoms with van der Waals surface area (Å²) < 4.78 is 41.4. The van der Waals surface area contributed by atoms with Crippen LogP contribution in [0.3, 0.4) is 0 Å². The Labute approximate surface area is 130 Å². The number of alkyl halides is 3. The van der Waals surface area contributed by atoms with E-state index in [0.717, 1.165) is 11.0 Å². The molecule has 0 saturated heterocycles.